The van der Waals surface area contributed by atoms with Crippen molar-refractivity contribution in [3.8, 4) is 17.8 Å². The van der Waals surface area contributed by atoms with E-state index in [-0.39, 0.29) is 12.4 Å². The molecule has 0 atom stereocenters. The Hall–Kier alpha value is -1.83. The zero-order chi connectivity index (χ0) is 9.68. The van der Waals surface area contributed by atoms with E-state index in [2.05, 4.69) is 9.97 Å². The summed E-state index contributed by atoms with van der Waals surface area (Å²) < 4.78 is 9.78. The number of hydrogen-bond donors (Lipinski definition) is 0. The number of aromatic nitrogens is 2. The van der Waals surface area contributed by atoms with E-state index >= 15 is 0 Å². The first-order chi connectivity index (χ1) is 6.31. The molecular weight excluding hydrogens is 170 g/mol. The summed E-state index contributed by atoms with van der Waals surface area (Å²) in [6.45, 7) is 0. The summed E-state index contributed by atoms with van der Waals surface area (Å²) in [5.74, 6) is 0.502. The summed E-state index contributed by atoms with van der Waals surface area (Å²) in [6, 6.07) is 2.23. The van der Waals surface area contributed by atoms with Crippen LogP contribution < -0.4 is 9.47 Å². The third kappa shape index (κ3) is 2.06. The highest BCUT2D eigenvalue weighted by molar-refractivity contribution is 5.28. The van der Waals surface area contributed by atoms with Gasteiger partial charge in [-0.05, 0) is 0 Å². The van der Waals surface area contributed by atoms with Crippen LogP contribution in [0, 0.1) is 11.3 Å². The largest absolute Gasteiger partial charge is 0.493 e. The van der Waals surface area contributed by atoms with Crippen molar-refractivity contribution in [2.75, 3.05) is 14.2 Å². The van der Waals surface area contributed by atoms with Gasteiger partial charge in [0.25, 0.3) is 0 Å². The van der Waals surface area contributed by atoms with Gasteiger partial charge < -0.3 is 9.47 Å². The Labute approximate surface area is 76.0 Å². The molecule has 13 heavy (non-hydrogen) atoms. The lowest BCUT2D eigenvalue weighted by atomic mass is 10.3. The van der Waals surface area contributed by atoms with Gasteiger partial charge in [-0.2, -0.15) is 15.2 Å². The predicted molar refractivity (Wildman–Crippen MR) is 44.5 cm³/mol. The van der Waals surface area contributed by atoms with Crippen molar-refractivity contribution in [3.63, 3.8) is 0 Å². The molecule has 0 unspecified atom stereocenters. The maximum absolute atomic E-state index is 8.50. The molecule has 0 radical (unpaired) electrons. The molecule has 1 aromatic rings. The summed E-state index contributed by atoms with van der Waals surface area (Å²) in [6.07, 6.45) is 1.67. The van der Waals surface area contributed by atoms with Crippen molar-refractivity contribution in [2.24, 2.45) is 0 Å². The minimum Gasteiger partial charge on any atom is -0.493 e. The fraction of sp³-hybridized carbons (Fsp3) is 0.375. The Kier molecular flexibility index (Phi) is 3.03. The Morgan fingerprint density at radius 3 is 2.77 bits per heavy atom. The van der Waals surface area contributed by atoms with E-state index in [4.69, 9.17) is 14.7 Å². The number of methoxy groups -OCH3 is 2. The summed E-state index contributed by atoms with van der Waals surface area (Å²) in [5, 5.41) is 8.50. The van der Waals surface area contributed by atoms with Crippen LogP contribution in [0.25, 0.3) is 0 Å². The molecule has 0 aliphatic heterocycles. The van der Waals surface area contributed by atoms with Crippen LogP contribution >= 0.6 is 0 Å². The highest BCUT2D eigenvalue weighted by atomic mass is 16.5. The van der Waals surface area contributed by atoms with Crippen molar-refractivity contribution >= 4 is 0 Å². The number of nitrogens with zero attached hydrogens (tertiary/aromatic N) is 3. The lowest BCUT2D eigenvalue weighted by molar-refractivity contribution is 0.365. The molecule has 5 nitrogen and oxygen atoms in total. The molecule has 0 aliphatic carbocycles. The van der Waals surface area contributed by atoms with Gasteiger partial charge in [-0.25, -0.2) is 0 Å². The summed E-state index contributed by atoms with van der Waals surface area (Å²) in [5.41, 5.74) is 0.539. The Morgan fingerprint density at radius 2 is 2.23 bits per heavy atom. The molecule has 0 bridgehead atoms. The predicted octanol–water partition coefficient (Wildman–Crippen LogP) is 0.560. The first-order valence-electron chi connectivity index (χ1n) is 3.62. The van der Waals surface area contributed by atoms with Gasteiger partial charge >= 0.3 is 6.01 Å². The zero-order valence-corrected chi connectivity index (χ0v) is 7.44. The molecule has 0 saturated heterocycles. The third-order valence-electron chi connectivity index (χ3n) is 1.46. The first-order valence-corrected chi connectivity index (χ1v) is 3.62. The van der Waals surface area contributed by atoms with Crippen LogP contribution in [0.15, 0.2) is 6.20 Å². The normalized spacial score (nSPS) is 9.00. The minimum atomic E-state index is 0.183. The average Bonchev–Trinajstić information content (AvgIpc) is 2.18. The molecule has 1 heterocycles. The smallest absolute Gasteiger partial charge is 0.316 e. The molecule has 0 N–H and O–H groups in total. The van der Waals surface area contributed by atoms with Crippen molar-refractivity contribution in [2.45, 2.75) is 6.42 Å². The molecule has 0 spiro atoms. The zero-order valence-electron chi connectivity index (χ0n) is 7.44. The quantitative estimate of drug-likeness (QED) is 0.678. The lowest BCUT2D eigenvalue weighted by Gasteiger charge is -2.04. The van der Waals surface area contributed by atoms with Crippen molar-refractivity contribution in [3.05, 3.63) is 11.9 Å². The van der Waals surface area contributed by atoms with Gasteiger partial charge in [-0.15, -0.1) is 0 Å². The van der Waals surface area contributed by atoms with Crippen molar-refractivity contribution in [1.82, 2.24) is 9.97 Å². The van der Waals surface area contributed by atoms with E-state index in [0.717, 1.165) is 0 Å². The SMILES string of the molecule is COc1ncc(OC)c(CC#N)n1. The van der Waals surface area contributed by atoms with Gasteiger partial charge in [-0.1, -0.05) is 0 Å². The van der Waals surface area contributed by atoms with Crippen LogP contribution in [0.5, 0.6) is 11.8 Å². The second kappa shape index (κ2) is 4.26. The highest BCUT2D eigenvalue weighted by Crippen LogP contribution is 2.16. The second-order valence-corrected chi connectivity index (χ2v) is 2.21. The number of nitriles is 1. The Balaban J connectivity index is 3.04. The van der Waals surface area contributed by atoms with Gasteiger partial charge in [0.2, 0.25) is 0 Å². The molecule has 68 valence electrons. The van der Waals surface area contributed by atoms with E-state index in [9.17, 15) is 0 Å². The fourth-order valence-electron chi connectivity index (χ4n) is 0.858. The maximum atomic E-state index is 8.50. The number of rotatable bonds is 3. The summed E-state index contributed by atoms with van der Waals surface area (Å²) in [7, 11) is 2.98. The van der Waals surface area contributed by atoms with Gasteiger partial charge in [0.1, 0.15) is 5.69 Å². The van der Waals surface area contributed by atoms with Crippen LogP contribution in [0.3, 0.4) is 0 Å². The standard InChI is InChI=1S/C8H9N3O2/c1-12-7-5-10-8(13-2)11-6(7)3-4-9/h5H,3H2,1-2H3. The maximum Gasteiger partial charge on any atom is 0.316 e. The molecule has 0 aliphatic rings. The minimum absolute atomic E-state index is 0.183. The Morgan fingerprint density at radius 1 is 1.46 bits per heavy atom. The third-order valence-corrected chi connectivity index (χ3v) is 1.46. The molecule has 1 rings (SSSR count). The van der Waals surface area contributed by atoms with Crippen LogP contribution in [0.1, 0.15) is 5.69 Å². The molecule has 0 saturated carbocycles. The lowest BCUT2D eigenvalue weighted by Crippen LogP contribution is -1.99. The topological polar surface area (TPSA) is 68.0 Å². The van der Waals surface area contributed by atoms with E-state index in [1.54, 1.807) is 0 Å². The van der Waals surface area contributed by atoms with Gasteiger partial charge in [-0.3, -0.25) is 0 Å². The van der Waals surface area contributed by atoms with Crippen LogP contribution in [0.2, 0.25) is 0 Å². The number of hydrogen-bond acceptors (Lipinski definition) is 5. The second-order valence-electron chi connectivity index (χ2n) is 2.21. The van der Waals surface area contributed by atoms with E-state index in [1.807, 2.05) is 6.07 Å². The molecular formula is C8H9N3O2. The fourth-order valence-corrected chi connectivity index (χ4v) is 0.858. The van der Waals surface area contributed by atoms with Gasteiger partial charge in [0, 0.05) is 0 Å². The van der Waals surface area contributed by atoms with Crippen LogP contribution in [-0.2, 0) is 6.42 Å². The van der Waals surface area contributed by atoms with E-state index < -0.39 is 0 Å². The molecule has 5 heteroatoms. The molecule has 0 aromatic carbocycles. The monoisotopic (exact) mass is 179 g/mol. The number of ether oxygens (including phenoxy) is 2. The van der Waals surface area contributed by atoms with Crippen molar-refractivity contribution < 1.29 is 9.47 Å². The highest BCUT2D eigenvalue weighted by Gasteiger charge is 2.06. The average molecular weight is 179 g/mol. The molecule has 0 fully saturated rings. The van der Waals surface area contributed by atoms with Crippen LogP contribution in [-0.4, -0.2) is 24.2 Å². The van der Waals surface area contributed by atoms with Crippen molar-refractivity contribution in [1.29, 1.82) is 5.26 Å². The molecule has 1 aromatic heterocycles. The first kappa shape index (κ1) is 9.26. The van der Waals surface area contributed by atoms with E-state index in [1.165, 1.54) is 20.4 Å². The Bertz CT molecular complexity index is 333. The van der Waals surface area contributed by atoms with Crippen LogP contribution in [0.4, 0.5) is 0 Å². The van der Waals surface area contributed by atoms with Gasteiger partial charge in [0.15, 0.2) is 5.75 Å². The summed E-state index contributed by atoms with van der Waals surface area (Å²) in [4.78, 5) is 7.81. The van der Waals surface area contributed by atoms with Gasteiger partial charge in [0.05, 0.1) is 32.9 Å². The summed E-state index contributed by atoms with van der Waals surface area (Å²) >= 11 is 0. The molecule has 0 amide bonds. The van der Waals surface area contributed by atoms with E-state index in [0.29, 0.717) is 11.4 Å².